The zero-order chi connectivity index (χ0) is 10.2. The van der Waals surface area contributed by atoms with Crippen molar-refractivity contribution in [3.8, 4) is 0 Å². The molecule has 74 valence electrons. The van der Waals surface area contributed by atoms with Crippen LogP contribution in [0.3, 0.4) is 0 Å². The molecule has 0 aromatic heterocycles. The molecule has 0 aromatic rings. The van der Waals surface area contributed by atoms with Crippen LogP contribution >= 0.6 is 0 Å². The van der Waals surface area contributed by atoms with E-state index < -0.39 is 5.97 Å². The first-order chi connectivity index (χ1) is 5.87. The molecule has 0 amide bonds. The van der Waals surface area contributed by atoms with E-state index >= 15 is 0 Å². The molecule has 0 aromatic carbocycles. The number of hydrogen-bond acceptors (Lipinski definition) is 3. The van der Waals surface area contributed by atoms with Gasteiger partial charge in [-0.05, 0) is 5.41 Å². The first kappa shape index (κ1) is 10.0. The topological polar surface area (TPSA) is 63.6 Å². The van der Waals surface area contributed by atoms with Gasteiger partial charge in [0.15, 0.2) is 0 Å². The highest BCUT2D eigenvalue weighted by Gasteiger charge is 2.62. The molecule has 0 radical (unpaired) electrons. The highest BCUT2D eigenvalue weighted by Crippen LogP contribution is 2.58. The van der Waals surface area contributed by atoms with Crippen LogP contribution in [0.5, 0.6) is 0 Å². The number of carbonyl (C=O) groups excluding carboxylic acids is 1. The molecule has 4 nitrogen and oxygen atoms in total. The van der Waals surface area contributed by atoms with Crippen LogP contribution in [-0.2, 0) is 14.3 Å². The van der Waals surface area contributed by atoms with Gasteiger partial charge in [0.1, 0.15) is 0 Å². The molecule has 1 aliphatic carbocycles. The summed E-state index contributed by atoms with van der Waals surface area (Å²) in [5.74, 6) is -1.56. The Morgan fingerprint density at radius 1 is 1.46 bits per heavy atom. The zero-order valence-corrected chi connectivity index (χ0v) is 8.03. The largest absolute Gasteiger partial charge is 0.481 e. The van der Waals surface area contributed by atoms with Gasteiger partial charge in [-0.25, -0.2) is 0 Å². The van der Waals surface area contributed by atoms with E-state index in [1.54, 1.807) is 0 Å². The summed E-state index contributed by atoms with van der Waals surface area (Å²) in [4.78, 5) is 21.2. The molecule has 1 rings (SSSR count). The second kappa shape index (κ2) is 3.01. The van der Waals surface area contributed by atoms with Gasteiger partial charge < -0.3 is 9.84 Å². The lowest BCUT2D eigenvalue weighted by Crippen LogP contribution is -2.06. The van der Waals surface area contributed by atoms with E-state index in [1.807, 2.05) is 13.8 Å². The average Bonchev–Trinajstić information content (AvgIpc) is 2.48. The van der Waals surface area contributed by atoms with Crippen LogP contribution in [0.4, 0.5) is 0 Å². The number of hydrogen-bond donors (Lipinski definition) is 1. The lowest BCUT2D eigenvalue weighted by atomic mass is 10.1. The van der Waals surface area contributed by atoms with Crippen molar-refractivity contribution in [2.24, 2.45) is 17.3 Å². The molecule has 0 saturated heterocycles. The maximum atomic E-state index is 10.7. The molecule has 0 heterocycles. The number of aliphatic carboxylic acids is 1. The smallest absolute Gasteiger partial charge is 0.307 e. The van der Waals surface area contributed by atoms with Crippen LogP contribution in [0.15, 0.2) is 0 Å². The van der Waals surface area contributed by atoms with Crippen molar-refractivity contribution in [2.45, 2.75) is 20.8 Å². The zero-order valence-electron chi connectivity index (χ0n) is 8.03. The van der Waals surface area contributed by atoms with Crippen molar-refractivity contribution in [3.63, 3.8) is 0 Å². The van der Waals surface area contributed by atoms with Gasteiger partial charge >= 0.3 is 11.9 Å². The van der Waals surface area contributed by atoms with E-state index in [-0.39, 0.29) is 29.8 Å². The maximum absolute atomic E-state index is 10.7. The van der Waals surface area contributed by atoms with Gasteiger partial charge in [0.25, 0.3) is 0 Å². The number of rotatable bonds is 3. The third kappa shape index (κ3) is 1.82. The Kier molecular flexibility index (Phi) is 2.32. The maximum Gasteiger partial charge on any atom is 0.307 e. The fourth-order valence-corrected chi connectivity index (χ4v) is 1.75. The number of esters is 1. The Labute approximate surface area is 76.9 Å². The summed E-state index contributed by atoms with van der Waals surface area (Å²) in [5.41, 5.74) is -0.235. The molecule has 0 unspecified atom stereocenters. The monoisotopic (exact) mass is 186 g/mol. The second-order valence-electron chi connectivity index (χ2n) is 4.05. The molecule has 1 aliphatic rings. The summed E-state index contributed by atoms with van der Waals surface area (Å²) in [6.07, 6.45) is 0. The fraction of sp³-hybridized carbons (Fsp3) is 0.778. The third-order valence-corrected chi connectivity index (χ3v) is 2.78. The van der Waals surface area contributed by atoms with Crippen LogP contribution in [0, 0.1) is 17.3 Å². The van der Waals surface area contributed by atoms with Crippen molar-refractivity contribution in [2.75, 3.05) is 6.61 Å². The summed E-state index contributed by atoms with van der Waals surface area (Å²) < 4.78 is 4.78. The van der Waals surface area contributed by atoms with E-state index in [0.29, 0.717) is 0 Å². The highest BCUT2D eigenvalue weighted by molar-refractivity contribution is 5.75. The van der Waals surface area contributed by atoms with E-state index in [1.165, 1.54) is 6.92 Å². The van der Waals surface area contributed by atoms with Crippen molar-refractivity contribution >= 4 is 11.9 Å². The van der Waals surface area contributed by atoms with Gasteiger partial charge in [-0.2, -0.15) is 0 Å². The Hall–Kier alpha value is -1.06. The van der Waals surface area contributed by atoms with E-state index in [2.05, 4.69) is 0 Å². The van der Waals surface area contributed by atoms with Crippen LogP contribution in [0.2, 0.25) is 0 Å². The summed E-state index contributed by atoms with van der Waals surface area (Å²) in [7, 11) is 0. The Balaban J connectivity index is 2.46. The quantitative estimate of drug-likeness (QED) is 0.665. The molecule has 2 atom stereocenters. The van der Waals surface area contributed by atoms with Gasteiger partial charge in [-0.3, -0.25) is 9.59 Å². The van der Waals surface area contributed by atoms with E-state index in [4.69, 9.17) is 9.84 Å². The SMILES string of the molecule is CC(=O)OC[C@@H]1[C@H](C(=O)O)C1(C)C. The molecule has 1 saturated carbocycles. The standard InChI is InChI=1S/C9H14O4/c1-5(10)13-4-6-7(8(11)12)9(6,2)3/h6-7H,4H2,1-3H3,(H,11,12)/t6-,7-/m1/s1. The Morgan fingerprint density at radius 2 is 2.00 bits per heavy atom. The summed E-state index contributed by atoms with van der Waals surface area (Å²) in [6, 6.07) is 0. The minimum atomic E-state index is -0.804. The van der Waals surface area contributed by atoms with E-state index in [9.17, 15) is 9.59 Å². The summed E-state index contributed by atoms with van der Waals surface area (Å²) in [6.45, 7) is 5.30. The number of carboxylic acids is 1. The fourth-order valence-electron chi connectivity index (χ4n) is 1.75. The Bertz CT molecular complexity index is 244. The molecule has 13 heavy (non-hydrogen) atoms. The molecule has 0 bridgehead atoms. The number of carbonyl (C=O) groups is 2. The third-order valence-electron chi connectivity index (χ3n) is 2.78. The minimum absolute atomic E-state index is 0.0334. The second-order valence-corrected chi connectivity index (χ2v) is 4.05. The number of carboxylic acid groups (broad SMARTS) is 1. The minimum Gasteiger partial charge on any atom is -0.481 e. The normalized spacial score (nSPS) is 29.5. The molecule has 0 aliphatic heterocycles. The van der Waals surface area contributed by atoms with Gasteiger partial charge in [0, 0.05) is 12.8 Å². The van der Waals surface area contributed by atoms with Crippen molar-refractivity contribution in [1.29, 1.82) is 0 Å². The first-order valence-corrected chi connectivity index (χ1v) is 4.23. The molecular formula is C9H14O4. The molecule has 1 N–H and O–H groups in total. The van der Waals surface area contributed by atoms with Gasteiger partial charge in [-0.15, -0.1) is 0 Å². The van der Waals surface area contributed by atoms with Crippen molar-refractivity contribution in [1.82, 2.24) is 0 Å². The average molecular weight is 186 g/mol. The van der Waals surface area contributed by atoms with Gasteiger partial charge in [0.05, 0.1) is 12.5 Å². The summed E-state index contributed by atoms with van der Waals surface area (Å²) >= 11 is 0. The molecule has 4 heteroatoms. The molecule has 0 spiro atoms. The lowest BCUT2D eigenvalue weighted by molar-refractivity contribution is -0.143. The van der Waals surface area contributed by atoms with Crippen LogP contribution in [-0.4, -0.2) is 23.7 Å². The Morgan fingerprint density at radius 3 is 2.31 bits per heavy atom. The highest BCUT2D eigenvalue weighted by atomic mass is 16.5. The van der Waals surface area contributed by atoms with Crippen LogP contribution in [0.1, 0.15) is 20.8 Å². The summed E-state index contributed by atoms with van der Waals surface area (Å²) in [5, 5.41) is 8.78. The number of ether oxygens (including phenoxy) is 1. The van der Waals surface area contributed by atoms with Gasteiger partial charge in [-0.1, -0.05) is 13.8 Å². The molecule has 1 fully saturated rings. The van der Waals surface area contributed by atoms with Crippen molar-refractivity contribution in [3.05, 3.63) is 0 Å². The predicted molar refractivity (Wildman–Crippen MR) is 45.0 cm³/mol. The molecular weight excluding hydrogens is 172 g/mol. The van der Waals surface area contributed by atoms with Gasteiger partial charge in [0.2, 0.25) is 0 Å². The van der Waals surface area contributed by atoms with E-state index in [0.717, 1.165) is 0 Å². The lowest BCUT2D eigenvalue weighted by Gasteiger charge is -2.01. The predicted octanol–water partition coefficient (Wildman–Crippen LogP) is 0.906. The first-order valence-electron chi connectivity index (χ1n) is 4.23. The van der Waals surface area contributed by atoms with Crippen molar-refractivity contribution < 1.29 is 19.4 Å². The van der Waals surface area contributed by atoms with Crippen LogP contribution < -0.4 is 0 Å². The van der Waals surface area contributed by atoms with Crippen LogP contribution in [0.25, 0.3) is 0 Å².